The van der Waals surface area contributed by atoms with Crippen molar-refractivity contribution in [3.05, 3.63) is 0 Å². The van der Waals surface area contributed by atoms with E-state index in [1.807, 2.05) is 0 Å². The Morgan fingerprint density at radius 1 is 1.17 bits per heavy atom. The van der Waals surface area contributed by atoms with Crippen molar-refractivity contribution in [2.45, 2.75) is 59.4 Å². The van der Waals surface area contributed by atoms with Crippen LogP contribution in [-0.4, -0.2) is 30.6 Å². The zero-order valence-electron chi connectivity index (χ0n) is 12.8. The Balaban J connectivity index is 1.79. The fraction of sp³-hybridized carbons (Fsp3) is 1.00. The van der Waals surface area contributed by atoms with Crippen LogP contribution in [0.15, 0.2) is 0 Å². The van der Waals surface area contributed by atoms with Crippen molar-refractivity contribution in [3.8, 4) is 0 Å². The zero-order valence-corrected chi connectivity index (χ0v) is 12.8. The number of likely N-dealkylation sites (tertiary alicyclic amines) is 1. The van der Waals surface area contributed by atoms with Gasteiger partial charge in [0.25, 0.3) is 0 Å². The average molecular weight is 252 g/mol. The second-order valence-corrected chi connectivity index (χ2v) is 7.70. The van der Waals surface area contributed by atoms with E-state index >= 15 is 0 Å². The Morgan fingerprint density at radius 2 is 1.78 bits per heavy atom. The first kappa shape index (κ1) is 14.3. The molecule has 0 bridgehead atoms. The molecule has 1 saturated carbocycles. The van der Waals surface area contributed by atoms with E-state index < -0.39 is 0 Å². The zero-order chi connectivity index (χ0) is 13.3. The van der Waals surface area contributed by atoms with Gasteiger partial charge in [-0.25, -0.2) is 0 Å². The van der Waals surface area contributed by atoms with Crippen LogP contribution in [0.3, 0.4) is 0 Å². The van der Waals surface area contributed by atoms with Crippen LogP contribution in [0.2, 0.25) is 0 Å². The molecule has 18 heavy (non-hydrogen) atoms. The number of nitrogens with zero attached hydrogens (tertiary/aromatic N) is 1. The number of nitrogens with two attached hydrogens (primary N) is 1. The second-order valence-electron chi connectivity index (χ2n) is 7.70. The molecule has 0 spiro atoms. The van der Waals surface area contributed by atoms with Crippen molar-refractivity contribution in [1.29, 1.82) is 0 Å². The molecular formula is C16H32N2. The fourth-order valence-corrected chi connectivity index (χ4v) is 3.88. The predicted molar refractivity (Wildman–Crippen MR) is 78.5 cm³/mol. The third-order valence-electron chi connectivity index (χ3n) is 5.64. The maximum absolute atomic E-state index is 6.42. The van der Waals surface area contributed by atoms with Crippen molar-refractivity contribution < 1.29 is 0 Å². The molecule has 2 N–H and O–H groups in total. The van der Waals surface area contributed by atoms with E-state index in [4.69, 9.17) is 5.73 Å². The van der Waals surface area contributed by atoms with Crippen LogP contribution in [-0.2, 0) is 0 Å². The smallest absolute Gasteiger partial charge is 0.0131 e. The lowest BCUT2D eigenvalue weighted by Crippen LogP contribution is -2.44. The summed E-state index contributed by atoms with van der Waals surface area (Å²) in [5.74, 6) is 2.55. The number of rotatable bonds is 3. The molecular weight excluding hydrogens is 220 g/mol. The first-order valence-electron chi connectivity index (χ1n) is 7.88. The standard InChI is InChI=1S/C16H32N2/c1-12(2)13-6-9-18(10-7-13)11-14-5-8-16(3,4)15(14)17/h12-15H,5-11,17H2,1-4H3. The number of hydrogen-bond acceptors (Lipinski definition) is 2. The molecule has 2 fully saturated rings. The molecule has 0 aromatic rings. The van der Waals surface area contributed by atoms with Gasteiger partial charge in [0.2, 0.25) is 0 Å². The molecule has 2 heteroatoms. The Bertz CT molecular complexity index is 264. The average Bonchev–Trinajstić information content (AvgIpc) is 2.57. The van der Waals surface area contributed by atoms with Gasteiger partial charge in [0.15, 0.2) is 0 Å². The van der Waals surface area contributed by atoms with Gasteiger partial charge in [-0.15, -0.1) is 0 Å². The minimum absolute atomic E-state index is 0.362. The summed E-state index contributed by atoms with van der Waals surface area (Å²) < 4.78 is 0. The molecule has 0 aromatic carbocycles. The molecule has 0 amide bonds. The van der Waals surface area contributed by atoms with Crippen LogP contribution in [0.25, 0.3) is 0 Å². The fourth-order valence-electron chi connectivity index (χ4n) is 3.88. The van der Waals surface area contributed by atoms with Crippen LogP contribution < -0.4 is 5.73 Å². The van der Waals surface area contributed by atoms with Gasteiger partial charge < -0.3 is 10.6 Å². The van der Waals surface area contributed by atoms with E-state index in [2.05, 4.69) is 32.6 Å². The SMILES string of the molecule is CC(C)C1CCN(CC2CCC(C)(C)C2N)CC1. The van der Waals surface area contributed by atoms with Crippen molar-refractivity contribution >= 4 is 0 Å². The molecule has 1 aliphatic carbocycles. The summed E-state index contributed by atoms with van der Waals surface area (Å²) in [6.07, 6.45) is 5.42. The van der Waals surface area contributed by atoms with Gasteiger partial charge in [-0.1, -0.05) is 27.7 Å². The summed E-state index contributed by atoms with van der Waals surface area (Å²) in [4.78, 5) is 2.67. The normalized spacial score (nSPS) is 34.3. The van der Waals surface area contributed by atoms with E-state index in [-0.39, 0.29) is 0 Å². The van der Waals surface area contributed by atoms with Crippen molar-refractivity contribution in [3.63, 3.8) is 0 Å². The summed E-state index contributed by atoms with van der Waals surface area (Å²) in [7, 11) is 0. The molecule has 106 valence electrons. The minimum atomic E-state index is 0.362. The number of hydrogen-bond donors (Lipinski definition) is 1. The largest absolute Gasteiger partial charge is 0.327 e. The van der Waals surface area contributed by atoms with Crippen molar-refractivity contribution in [1.82, 2.24) is 4.90 Å². The molecule has 1 saturated heterocycles. The Hall–Kier alpha value is -0.0800. The van der Waals surface area contributed by atoms with Gasteiger partial charge in [0.05, 0.1) is 0 Å². The molecule has 1 heterocycles. The molecule has 0 aromatic heterocycles. The molecule has 2 aliphatic rings. The van der Waals surface area contributed by atoms with Gasteiger partial charge in [0.1, 0.15) is 0 Å². The molecule has 2 atom stereocenters. The maximum atomic E-state index is 6.42. The third-order valence-corrected chi connectivity index (χ3v) is 5.64. The highest BCUT2D eigenvalue weighted by molar-refractivity contribution is 4.95. The van der Waals surface area contributed by atoms with Gasteiger partial charge in [-0.3, -0.25) is 0 Å². The summed E-state index contributed by atoms with van der Waals surface area (Å²) in [6.45, 7) is 13.3. The maximum Gasteiger partial charge on any atom is 0.0131 e. The van der Waals surface area contributed by atoms with Crippen LogP contribution in [0, 0.1) is 23.2 Å². The summed E-state index contributed by atoms with van der Waals surface area (Å²) in [6, 6.07) is 0.403. The monoisotopic (exact) mass is 252 g/mol. The van der Waals surface area contributed by atoms with Crippen LogP contribution in [0.5, 0.6) is 0 Å². The predicted octanol–water partition coefficient (Wildman–Crippen LogP) is 3.12. The topological polar surface area (TPSA) is 29.3 Å². The van der Waals surface area contributed by atoms with Crippen molar-refractivity contribution in [2.24, 2.45) is 28.9 Å². The second kappa shape index (κ2) is 5.50. The van der Waals surface area contributed by atoms with E-state index in [1.54, 1.807) is 0 Å². The highest BCUT2D eigenvalue weighted by atomic mass is 15.1. The number of piperidine rings is 1. The molecule has 2 rings (SSSR count). The summed E-state index contributed by atoms with van der Waals surface area (Å²) in [5.41, 5.74) is 6.78. The van der Waals surface area contributed by atoms with Gasteiger partial charge in [-0.05, 0) is 61.9 Å². The lowest BCUT2D eigenvalue weighted by molar-refractivity contribution is 0.131. The van der Waals surface area contributed by atoms with E-state index in [1.165, 1.54) is 45.3 Å². The molecule has 2 unspecified atom stereocenters. The van der Waals surface area contributed by atoms with Gasteiger partial charge in [-0.2, -0.15) is 0 Å². The van der Waals surface area contributed by atoms with Gasteiger partial charge in [0, 0.05) is 12.6 Å². The molecule has 1 aliphatic heterocycles. The van der Waals surface area contributed by atoms with E-state index in [9.17, 15) is 0 Å². The highest BCUT2D eigenvalue weighted by Gasteiger charge is 2.40. The first-order valence-corrected chi connectivity index (χ1v) is 7.88. The quantitative estimate of drug-likeness (QED) is 0.836. The Kier molecular flexibility index (Phi) is 4.38. The van der Waals surface area contributed by atoms with Crippen LogP contribution >= 0.6 is 0 Å². The van der Waals surface area contributed by atoms with E-state index in [0.29, 0.717) is 11.5 Å². The summed E-state index contributed by atoms with van der Waals surface area (Å²) in [5, 5.41) is 0. The lowest BCUT2D eigenvalue weighted by Gasteiger charge is -2.36. The molecule has 0 radical (unpaired) electrons. The van der Waals surface area contributed by atoms with Crippen LogP contribution in [0.4, 0.5) is 0 Å². The Morgan fingerprint density at radius 3 is 2.22 bits per heavy atom. The lowest BCUT2D eigenvalue weighted by atomic mass is 9.84. The van der Waals surface area contributed by atoms with Crippen LogP contribution in [0.1, 0.15) is 53.4 Å². The third kappa shape index (κ3) is 3.08. The molecule has 2 nitrogen and oxygen atoms in total. The van der Waals surface area contributed by atoms with E-state index in [0.717, 1.165) is 17.8 Å². The highest BCUT2D eigenvalue weighted by Crippen LogP contribution is 2.40. The van der Waals surface area contributed by atoms with Gasteiger partial charge >= 0.3 is 0 Å². The first-order chi connectivity index (χ1) is 8.40. The minimum Gasteiger partial charge on any atom is -0.327 e. The summed E-state index contributed by atoms with van der Waals surface area (Å²) >= 11 is 0. The van der Waals surface area contributed by atoms with Crippen molar-refractivity contribution in [2.75, 3.05) is 19.6 Å². The Labute approximate surface area is 113 Å².